The largest absolute Gasteiger partial charge is 0.457 e. The van der Waals surface area contributed by atoms with Crippen LogP contribution in [0, 0.1) is 5.92 Å². The van der Waals surface area contributed by atoms with Gasteiger partial charge in [-0.25, -0.2) is 4.99 Å². The molecule has 0 aromatic heterocycles. The number of hydrogen-bond acceptors (Lipinski definition) is 4. The van der Waals surface area contributed by atoms with Gasteiger partial charge in [0, 0.05) is 37.8 Å². The lowest BCUT2D eigenvalue weighted by Gasteiger charge is -2.13. The molecule has 1 saturated heterocycles. The number of benzene rings is 2. The van der Waals surface area contributed by atoms with E-state index in [1.54, 1.807) is 0 Å². The Bertz CT molecular complexity index is 761. The predicted octanol–water partition coefficient (Wildman–Crippen LogP) is 3.98. The zero-order chi connectivity index (χ0) is 20.9. The summed E-state index contributed by atoms with van der Waals surface area (Å²) in [6.07, 6.45) is 2.05. The van der Waals surface area contributed by atoms with E-state index in [1.165, 1.54) is 0 Å². The molecule has 1 aliphatic rings. The molecule has 162 valence electrons. The van der Waals surface area contributed by atoms with Crippen molar-refractivity contribution in [3.05, 3.63) is 60.2 Å². The van der Waals surface area contributed by atoms with Crippen LogP contribution in [0.25, 0.3) is 0 Å². The van der Waals surface area contributed by atoms with E-state index in [9.17, 15) is 0 Å². The monoisotopic (exact) mass is 411 g/mol. The molecule has 6 heteroatoms. The first-order chi connectivity index (χ1) is 14.8. The van der Waals surface area contributed by atoms with Crippen molar-refractivity contribution in [2.75, 3.05) is 39.5 Å². The highest BCUT2D eigenvalue weighted by atomic mass is 16.5. The van der Waals surface area contributed by atoms with E-state index in [-0.39, 0.29) is 0 Å². The average molecular weight is 412 g/mol. The highest BCUT2D eigenvalue weighted by Gasteiger charge is 2.15. The molecule has 0 amide bonds. The minimum atomic E-state index is 0.538. The summed E-state index contributed by atoms with van der Waals surface area (Å²) in [4.78, 5) is 4.72. The Labute approximate surface area is 179 Å². The number of ether oxygens (including phenoxy) is 3. The SMILES string of the molecule is CCNC(=NCc1ccccc1Oc1ccccc1)NCCCOCC1CCOC1. The zero-order valence-electron chi connectivity index (χ0n) is 17.8. The Morgan fingerprint density at radius 3 is 2.73 bits per heavy atom. The summed E-state index contributed by atoms with van der Waals surface area (Å²) in [6.45, 7) is 7.49. The Balaban J connectivity index is 1.45. The lowest BCUT2D eigenvalue weighted by molar-refractivity contribution is 0.0888. The lowest BCUT2D eigenvalue weighted by atomic mass is 10.1. The van der Waals surface area contributed by atoms with Crippen LogP contribution in [-0.4, -0.2) is 45.5 Å². The van der Waals surface area contributed by atoms with E-state index in [4.69, 9.17) is 19.2 Å². The van der Waals surface area contributed by atoms with Crippen molar-refractivity contribution in [1.82, 2.24) is 10.6 Å². The van der Waals surface area contributed by atoms with Crippen molar-refractivity contribution in [1.29, 1.82) is 0 Å². The van der Waals surface area contributed by atoms with Gasteiger partial charge in [-0.05, 0) is 38.0 Å². The third kappa shape index (κ3) is 7.69. The molecule has 1 atom stereocenters. The molecule has 30 heavy (non-hydrogen) atoms. The minimum absolute atomic E-state index is 0.538. The molecule has 3 rings (SSSR count). The topological polar surface area (TPSA) is 64.1 Å². The fraction of sp³-hybridized carbons (Fsp3) is 0.458. The van der Waals surface area contributed by atoms with Crippen molar-refractivity contribution >= 4 is 5.96 Å². The number of nitrogens with zero attached hydrogens (tertiary/aromatic N) is 1. The molecule has 0 bridgehead atoms. The van der Waals surface area contributed by atoms with Crippen LogP contribution in [0.15, 0.2) is 59.6 Å². The molecule has 1 heterocycles. The third-order valence-electron chi connectivity index (χ3n) is 4.83. The molecule has 0 saturated carbocycles. The summed E-state index contributed by atoms with van der Waals surface area (Å²) in [5.74, 6) is 3.02. The standard InChI is InChI=1S/C24H33N3O3/c1-2-25-24(26-14-8-15-28-18-20-13-16-29-19-20)27-17-21-9-6-7-12-23(21)30-22-10-4-3-5-11-22/h3-7,9-12,20H,2,8,13-19H2,1H3,(H2,25,26,27). The fourth-order valence-corrected chi connectivity index (χ4v) is 3.20. The lowest BCUT2D eigenvalue weighted by Crippen LogP contribution is -2.38. The molecule has 0 spiro atoms. The number of hydrogen-bond donors (Lipinski definition) is 2. The first-order valence-corrected chi connectivity index (χ1v) is 10.8. The molecule has 2 aromatic carbocycles. The first-order valence-electron chi connectivity index (χ1n) is 10.8. The highest BCUT2D eigenvalue weighted by molar-refractivity contribution is 5.79. The molecule has 1 aliphatic heterocycles. The molecular weight excluding hydrogens is 378 g/mol. The van der Waals surface area contributed by atoms with E-state index in [2.05, 4.69) is 17.6 Å². The van der Waals surface area contributed by atoms with Crippen molar-refractivity contribution in [3.63, 3.8) is 0 Å². The summed E-state index contributed by atoms with van der Waals surface area (Å²) in [6, 6.07) is 17.8. The number of para-hydroxylation sites is 2. The van der Waals surface area contributed by atoms with E-state index < -0.39 is 0 Å². The van der Waals surface area contributed by atoms with Gasteiger partial charge in [-0.15, -0.1) is 0 Å². The molecular formula is C24H33N3O3. The van der Waals surface area contributed by atoms with Crippen LogP contribution in [0.3, 0.4) is 0 Å². The fourth-order valence-electron chi connectivity index (χ4n) is 3.20. The van der Waals surface area contributed by atoms with Crippen LogP contribution >= 0.6 is 0 Å². The van der Waals surface area contributed by atoms with Gasteiger partial charge in [-0.3, -0.25) is 0 Å². The Kier molecular flexibility index (Phi) is 9.50. The van der Waals surface area contributed by atoms with E-state index >= 15 is 0 Å². The maximum absolute atomic E-state index is 6.03. The maximum atomic E-state index is 6.03. The maximum Gasteiger partial charge on any atom is 0.191 e. The van der Waals surface area contributed by atoms with Gasteiger partial charge in [0.15, 0.2) is 5.96 Å². The quantitative estimate of drug-likeness (QED) is 0.333. The second kappa shape index (κ2) is 12.9. The predicted molar refractivity (Wildman–Crippen MR) is 120 cm³/mol. The second-order valence-corrected chi connectivity index (χ2v) is 7.30. The van der Waals surface area contributed by atoms with Gasteiger partial charge in [0.05, 0.1) is 19.8 Å². The van der Waals surface area contributed by atoms with E-state index in [0.717, 1.165) is 75.4 Å². The summed E-state index contributed by atoms with van der Waals surface area (Å²) in [7, 11) is 0. The molecule has 0 radical (unpaired) electrons. The van der Waals surface area contributed by atoms with Gasteiger partial charge in [-0.2, -0.15) is 0 Å². The van der Waals surface area contributed by atoms with E-state index in [0.29, 0.717) is 12.5 Å². The molecule has 1 fully saturated rings. The Morgan fingerprint density at radius 1 is 1.10 bits per heavy atom. The van der Waals surface area contributed by atoms with Crippen LogP contribution in [0.5, 0.6) is 11.5 Å². The first kappa shape index (κ1) is 22.1. The van der Waals surface area contributed by atoms with Crippen molar-refractivity contribution in [2.45, 2.75) is 26.3 Å². The summed E-state index contributed by atoms with van der Waals surface area (Å²) < 4.78 is 17.2. The van der Waals surface area contributed by atoms with E-state index in [1.807, 2.05) is 54.6 Å². The minimum Gasteiger partial charge on any atom is -0.457 e. The summed E-state index contributed by atoms with van der Waals surface area (Å²) in [5.41, 5.74) is 1.04. The average Bonchev–Trinajstić information content (AvgIpc) is 3.29. The zero-order valence-corrected chi connectivity index (χ0v) is 17.8. The third-order valence-corrected chi connectivity index (χ3v) is 4.83. The van der Waals surface area contributed by atoms with Crippen LogP contribution in [-0.2, 0) is 16.0 Å². The smallest absolute Gasteiger partial charge is 0.191 e. The van der Waals surface area contributed by atoms with Crippen molar-refractivity contribution in [3.8, 4) is 11.5 Å². The van der Waals surface area contributed by atoms with Crippen LogP contribution in [0.1, 0.15) is 25.3 Å². The molecule has 2 N–H and O–H groups in total. The molecule has 2 aromatic rings. The highest BCUT2D eigenvalue weighted by Crippen LogP contribution is 2.25. The summed E-state index contributed by atoms with van der Waals surface area (Å²) >= 11 is 0. The van der Waals surface area contributed by atoms with Gasteiger partial charge in [0.25, 0.3) is 0 Å². The number of guanidine groups is 1. The van der Waals surface area contributed by atoms with Gasteiger partial charge in [-0.1, -0.05) is 36.4 Å². The Morgan fingerprint density at radius 2 is 1.93 bits per heavy atom. The van der Waals surface area contributed by atoms with Crippen molar-refractivity contribution < 1.29 is 14.2 Å². The summed E-state index contributed by atoms with van der Waals surface area (Å²) in [5, 5.41) is 6.68. The number of nitrogens with one attached hydrogen (secondary N) is 2. The molecule has 1 unspecified atom stereocenters. The number of rotatable bonds is 11. The normalized spacial score (nSPS) is 16.4. The van der Waals surface area contributed by atoms with Crippen LogP contribution in [0.4, 0.5) is 0 Å². The van der Waals surface area contributed by atoms with Gasteiger partial charge >= 0.3 is 0 Å². The second-order valence-electron chi connectivity index (χ2n) is 7.30. The van der Waals surface area contributed by atoms with Crippen molar-refractivity contribution in [2.24, 2.45) is 10.9 Å². The van der Waals surface area contributed by atoms with Crippen LogP contribution < -0.4 is 15.4 Å². The van der Waals surface area contributed by atoms with Gasteiger partial charge in [0.2, 0.25) is 0 Å². The molecule has 0 aliphatic carbocycles. The Hall–Kier alpha value is -2.57. The van der Waals surface area contributed by atoms with Gasteiger partial charge in [0.1, 0.15) is 11.5 Å². The van der Waals surface area contributed by atoms with Crippen LogP contribution in [0.2, 0.25) is 0 Å². The van der Waals surface area contributed by atoms with Gasteiger partial charge < -0.3 is 24.8 Å². The number of aliphatic imine (C=N–C) groups is 1. The molecule has 6 nitrogen and oxygen atoms in total.